The van der Waals surface area contributed by atoms with Crippen LogP contribution < -0.4 is 23.6 Å². The van der Waals surface area contributed by atoms with Gasteiger partial charge in [-0.2, -0.15) is 0 Å². The zero-order chi connectivity index (χ0) is 10.7. The summed E-state index contributed by atoms with van der Waals surface area (Å²) in [4.78, 5) is 4.33. The zero-order valence-electron chi connectivity index (χ0n) is 10.3. The predicted octanol–water partition coefficient (Wildman–Crippen LogP) is -1.28. The molecule has 0 fully saturated rings. The van der Waals surface area contributed by atoms with Gasteiger partial charge in [0.2, 0.25) is 0 Å². The first-order valence-electron chi connectivity index (χ1n) is 4.99. The van der Waals surface area contributed by atoms with E-state index >= 15 is 0 Å². The SMILES string of the molecule is Cc1[c-][n+]([O-])c(C)c(CCC(C)C)n1.[Li+]. The van der Waals surface area contributed by atoms with E-state index < -0.39 is 0 Å². The van der Waals surface area contributed by atoms with E-state index in [9.17, 15) is 5.21 Å². The summed E-state index contributed by atoms with van der Waals surface area (Å²) < 4.78 is 0.790. The van der Waals surface area contributed by atoms with E-state index in [0.717, 1.165) is 23.3 Å². The van der Waals surface area contributed by atoms with Gasteiger partial charge in [0.1, 0.15) is 0 Å². The van der Waals surface area contributed by atoms with Crippen molar-refractivity contribution < 1.29 is 23.6 Å². The number of hydrogen-bond donors (Lipinski definition) is 0. The molecule has 0 saturated heterocycles. The molecule has 1 aromatic rings. The second-order valence-electron chi connectivity index (χ2n) is 4.07. The van der Waals surface area contributed by atoms with Crippen LogP contribution in [0.15, 0.2) is 0 Å². The molecule has 0 bridgehead atoms. The molecule has 1 rings (SSSR count). The first-order valence-corrected chi connectivity index (χ1v) is 4.99. The second kappa shape index (κ2) is 6.15. The molecule has 0 aromatic carbocycles. The van der Waals surface area contributed by atoms with Gasteiger partial charge in [0.25, 0.3) is 0 Å². The first-order chi connectivity index (χ1) is 6.50. The minimum absolute atomic E-state index is 0. The quantitative estimate of drug-likeness (QED) is 0.264. The van der Waals surface area contributed by atoms with Gasteiger partial charge in [-0.15, -0.1) is 0 Å². The third-order valence-electron chi connectivity index (χ3n) is 2.25. The molecule has 0 aliphatic heterocycles. The molecule has 0 N–H and O–H groups in total. The van der Waals surface area contributed by atoms with Crippen LogP contribution in [0.4, 0.5) is 0 Å². The van der Waals surface area contributed by atoms with Crippen LogP contribution in [0.1, 0.15) is 37.4 Å². The van der Waals surface area contributed by atoms with E-state index in [2.05, 4.69) is 25.0 Å². The van der Waals surface area contributed by atoms with Gasteiger partial charge < -0.3 is 9.94 Å². The van der Waals surface area contributed by atoms with Gasteiger partial charge in [0, 0.05) is 11.4 Å². The molecule has 0 saturated carbocycles. The summed E-state index contributed by atoms with van der Waals surface area (Å²) in [6, 6.07) is 0. The van der Waals surface area contributed by atoms with E-state index in [-0.39, 0.29) is 18.9 Å². The minimum Gasteiger partial charge on any atom is -0.651 e. The Kier molecular flexibility index (Phi) is 5.93. The number of aromatic nitrogens is 2. The van der Waals surface area contributed by atoms with Crippen LogP contribution in [-0.2, 0) is 6.42 Å². The average Bonchev–Trinajstić information content (AvgIpc) is 2.08. The summed E-state index contributed by atoms with van der Waals surface area (Å²) in [6.07, 6.45) is 4.56. The molecule has 1 heterocycles. The van der Waals surface area contributed by atoms with Crippen molar-refractivity contribution in [2.45, 2.75) is 40.5 Å². The van der Waals surface area contributed by atoms with Crippen molar-refractivity contribution in [1.29, 1.82) is 0 Å². The van der Waals surface area contributed by atoms with Crippen LogP contribution in [0.2, 0.25) is 0 Å². The van der Waals surface area contributed by atoms with E-state index in [4.69, 9.17) is 0 Å². The Morgan fingerprint density at radius 1 is 1.40 bits per heavy atom. The molecule has 0 radical (unpaired) electrons. The third-order valence-corrected chi connectivity index (χ3v) is 2.25. The molecule has 0 atom stereocenters. The summed E-state index contributed by atoms with van der Waals surface area (Å²) in [7, 11) is 0. The normalized spacial score (nSPS) is 10.2. The van der Waals surface area contributed by atoms with Crippen molar-refractivity contribution in [2.24, 2.45) is 5.92 Å². The van der Waals surface area contributed by atoms with Gasteiger partial charge in [-0.3, -0.25) is 4.98 Å². The number of nitrogens with zero attached hydrogens (tertiary/aromatic N) is 2. The maximum atomic E-state index is 11.3. The standard InChI is InChI=1S/C11H17N2O.Li/c1-8(2)5-6-11-10(4)13(14)7-9(3)12-11;/h8H,5-6H2,1-4H3;/q-1;+1. The van der Waals surface area contributed by atoms with Gasteiger partial charge in [0.05, 0.1) is 11.9 Å². The molecule has 0 spiro atoms. The molecule has 0 aliphatic rings. The van der Waals surface area contributed by atoms with E-state index in [0.29, 0.717) is 17.3 Å². The van der Waals surface area contributed by atoms with Gasteiger partial charge in [0.15, 0.2) is 0 Å². The molecule has 15 heavy (non-hydrogen) atoms. The Labute approximate surface area is 104 Å². The van der Waals surface area contributed by atoms with Crippen molar-refractivity contribution in [1.82, 2.24) is 4.98 Å². The van der Waals surface area contributed by atoms with Gasteiger partial charge in [-0.1, -0.05) is 13.8 Å². The van der Waals surface area contributed by atoms with Crippen LogP contribution in [-0.4, -0.2) is 4.98 Å². The Hall–Kier alpha value is -0.523. The third kappa shape index (κ3) is 4.23. The number of rotatable bonds is 3. The van der Waals surface area contributed by atoms with Crippen LogP contribution in [0.25, 0.3) is 0 Å². The molecule has 1 aromatic heterocycles. The van der Waals surface area contributed by atoms with Crippen molar-refractivity contribution in [3.63, 3.8) is 0 Å². The summed E-state index contributed by atoms with van der Waals surface area (Å²) in [5.41, 5.74) is 2.26. The predicted molar refractivity (Wildman–Crippen MR) is 54.7 cm³/mol. The maximum Gasteiger partial charge on any atom is 1.00 e. The monoisotopic (exact) mass is 200 g/mol. The van der Waals surface area contributed by atoms with Gasteiger partial charge in [-0.25, -0.2) is 0 Å². The van der Waals surface area contributed by atoms with Gasteiger partial charge in [-0.05, 0) is 32.6 Å². The van der Waals surface area contributed by atoms with Crippen LogP contribution >= 0.6 is 0 Å². The van der Waals surface area contributed by atoms with E-state index in [1.165, 1.54) is 0 Å². The molecule has 78 valence electrons. The number of aryl methyl sites for hydroxylation is 2. The minimum atomic E-state index is 0. The van der Waals surface area contributed by atoms with Crippen molar-refractivity contribution in [3.8, 4) is 0 Å². The Balaban J connectivity index is 0.00000196. The molecule has 0 amide bonds. The Morgan fingerprint density at radius 2 is 2.00 bits per heavy atom. The van der Waals surface area contributed by atoms with E-state index in [1.54, 1.807) is 13.8 Å². The Bertz CT molecular complexity index is 327. The van der Waals surface area contributed by atoms with Gasteiger partial charge >= 0.3 is 18.9 Å². The first kappa shape index (κ1) is 14.5. The fourth-order valence-corrected chi connectivity index (χ4v) is 1.32. The van der Waals surface area contributed by atoms with E-state index in [1.807, 2.05) is 0 Å². The fraction of sp³-hybridized carbons (Fsp3) is 0.636. The van der Waals surface area contributed by atoms with Crippen molar-refractivity contribution >= 4 is 0 Å². The summed E-state index contributed by atoms with van der Waals surface area (Å²) in [5, 5.41) is 11.3. The number of hydrogen-bond acceptors (Lipinski definition) is 2. The molecular formula is C11H17LiN2O. The smallest absolute Gasteiger partial charge is 0.651 e. The molecule has 3 nitrogen and oxygen atoms in total. The van der Waals surface area contributed by atoms with Crippen LogP contribution in [0.5, 0.6) is 0 Å². The summed E-state index contributed by atoms with van der Waals surface area (Å²) >= 11 is 0. The largest absolute Gasteiger partial charge is 1.00 e. The average molecular weight is 200 g/mol. The Morgan fingerprint density at radius 3 is 2.53 bits per heavy atom. The topological polar surface area (TPSA) is 39.8 Å². The van der Waals surface area contributed by atoms with Crippen molar-refractivity contribution in [3.05, 3.63) is 28.5 Å². The second-order valence-corrected chi connectivity index (χ2v) is 4.07. The molecular weight excluding hydrogens is 183 g/mol. The summed E-state index contributed by atoms with van der Waals surface area (Å²) in [5.74, 6) is 0.640. The zero-order valence-corrected chi connectivity index (χ0v) is 10.3. The molecule has 4 heteroatoms. The summed E-state index contributed by atoms with van der Waals surface area (Å²) in [6.45, 7) is 7.93. The van der Waals surface area contributed by atoms with Crippen LogP contribution in [0, 0.1) is 31.2 Å². The van der Waals surface area contributed by atoms with Crippen LogP contribution in [0.3, 0.4) is 0 Å². The van der Waals surface area contributed by atoms with Crippen molar-refractivity contribution in [2.75, 3.05) is 0 Å². The molecule has 0 unspecified atom stereocenters. The maximum absolute atomic E-state index is 11.3. The fourth-order valence-electron chi connectivity index (χ4n) is 1.32. The molecule has 0 aliphatic carbocycles.